The van der Waals surface area contributed by atoms with Gasteiger partial charge in [0.25, 0.3) is 0 Å². The van der Waals surface area contributed by atoms with Crippen LogP contribution < -0.4 is 10.9 Å². The van der Waals surface area contributed by atoms with Gasteiger partial charge in [-0.2, -0.15) is 0 Å². The second kappa shape index (κ2) is 7.27. The first-order valence-electron chi connectivity index (χ1n) is 7.62. The van der Waals surface area contributed by atoms with Crippen LogP contribution in [0.25, 0.3) is 0 Å². The van der Waals surface area contributed by atoms with Crippen LogP contribution in [0, 0.1) is 0 Å². The van der Waals surface area contributed by atoms with Crippen LogP contribution in [0.2, 0.25) is 0 Å². The summed E-state index contributed by atoms with van der Waals surface area (Å²) in [6.07, 6.45) is 1.41. The van der Waals surface area contributed by atoms with E-state index < -0.39 is 16.3 Å². The maximum atomic E-state index is 11.8. The average Bonchev–Trinajstić information content (AvgIpc) is 2.63. The minimum atomic E-state index is -0.706. The van der Waals surface area contributed by atoms with E-state index in [1.165, 1.54) is 16.9 Å². The normalized spacial score (nSPS) is 10.6. The third kappa shape index (κ3) is 3.59. The number of hydrogen-bond donors (Lipinski definition) is 3. The summed E-state index contributed by atoms with van der Waals surface area (Å²) in [5.41, 5.74) is 4.27. The predicted octanol–water partition coefficient (Wildman–Crippen LogP) is 2.96. The van der Waals surface area contributed by atoms with E-state index in [4.69, 9.17) is 0 Å². The molecular formula is C19H16N2O3S. The van der Waals surface area contributed by atoms with E-state index in [1.54, 1.807) is 0 Å². The number of aromatic nitrogens is 1. The number of rotatable bonds is 5. The van der Waals surface area contributed by atoms with Crippen molar-refractivity contribution in [3.05, 3.63) is 100.0 Å². The summed E-state index contributed by atoms with van der Waals surface area (Å²) < 4.78 is 1.33. The van der Waals surface area contributed by atoms with E-state index in [1.807, 2.05) is 60.7 Å². The van der Waals surface area contributed by atoms with Gasteiger partial charge in [-0.05, 0) is 11.1 Å². The van der Waals surface area contributed by atoms with Gasteiger partial charge in [0.2, 0.25) is 10.5 Å². The highest BCUT2D eigenvalue weighted by molar-refractivity contribution is 7.97. The predicted molar refractivity (Wildman–Crippen MR) is 99.8 cm³/mol. The van der Waals surface area contributed by atoms with Crippen molar-refractivity contribution in [3.63, 3.8) is 0 Å². The van der Waals surface area contributed by atoms with Gasteiger partial charge >= 0.3 is 0 Å². The third-order valence-corrected chi connectivity index (χ3v) is 4.02. The van der Waals surface area contributed by atoms with E-state index in [-0.39, 0.29) is 11.7 Å². The zero-order valence-electron chi connectivity index (χ0n) is 13.2. The van der Waals surface area contributed by atoms with E-state index in [2.05, 4.69) is 18.1 Å². The van der Waals surface area contributed by atoms with Crippen molar-refractivity contribution < 1.29 is 9.90 Å². The fourth-order valence-corrected chi connectivity index (χ4v) is 2.82. The lowest BCUT2D eigenvalue weighted by molar-refractivity contribution is 0.108. The number of hydrogen-bond acceptors (Lipinski definition) is 4. The maximum absolute atomic E-state index is 11.8. The topological polar surface area (TPSA) is 71.3 Å². The zero-order valence-corrected chi connectivity index (χ0v) is 14.1. The average molecular weight is 352 g/mol. The zero-order chi connectivity index (χ0) is 17.8. The molecule has 0 amide bonds. The molecule has 2 N–H and O–H groups in total. The number of carbonyl (C=O) groups is 1. The van der Waals surface area contributed by atoms with Crippen LogP contribution in [0.15, 0.2) is 77.7 Å². The Balaban J connectivity index is 2.10. The Morgan fingerprint density at radius 1 is 0.960 bits per heavy atom. The molecule has 25 heavy (non-hydrogen) atoms. The Labute approximate surface area is 149 Å². The second-order valence-electron chi connectivity index (χ2n) is 5.44. The van der Waals surface area contributed by atoms with Gasteiger partial charge < -0.3 is 10.5 Å². The Bertz CT molecular complexity index is 900. The lowest BCUT2D eigenvalue weighted by Crippen LogP contribution is -2.27. The van der Waals surface area contributed by atoms with Crippen molar-refractivity contribution in [1.29, 1.82) is 0 Å². The van der Waals surface area contributed by atoms with Gasteiger partial charge in [-0.25, -0.2) is 0 Å². The summed E-state index contributed by atoms with van der Waals surface area (Å²) in [5, 5.41) is 9.25. The van der Waals surface area contributed by atoms with E-state index in [9.17, 15) is 14.7 Å². The minimum Gasteiger partial charge on any atom is -0.503 e. The summed E-state index contributed by atoms with van der Waals surface area (Å²) >= 11 is 3.77. The number of aromatic hydroxyl groups is 1. The van der Waals surface area contributed by atoms with Gasteiger partial charge in [-0.1, -0.05) is 73.3 Å². The first-order valence-corrected chi connectivity index (χ1v) is 8.07. The van der Waals surface area contributed by atoms with Crippen molar-refractivity contribution in [2.45, 2.75) is 6.04 Å². The molecule has 0 saturated heterocycles. The fourth-order valence-electron chi connectivity index (χ4n) is 2.61. The Kier molecular flexibility index (Phi) is 4.90. The van der Waals surface area contributed by atoms with Crippen molar-refractivity contribution in [2.75, 3.05) is 5.43 Å². The van der Waals surface area contributed by atoms with Gasteiger partial charge in [0.1, 0.15) is 0 Å². The molecule has 0 spiro atoms. The van der Waals surface area contributed by atoms with Gasteiger partial charge in [-0.15, -0.1) is 0 Å². The molecule has 0 radical (unpaired) electrons. The number of nitrogens with one attached hydrogen (secondary N) is 1. The number of thiol groups is 1. The largest absolute Gasteiger partial charge is 0.503 e. The molecule has 0 atom stereocenters. The molecule has 0 aliphatic carbocycles. The highest BCUT2D eigenvalue weighted by atomic mass is 32.1. The van der Waals surface area contributed by atoms with E-state index >= 15 is 0 Å². The molecule has 0 saturated carbocycles. The van der Waals surface area contributed by atoms with Crippen molar-refractivity contribution >= 4 is 17.7 Å². The molecule has 1 aromatic heterocycles. The fraction of sp³-hybridized carbons (Fsp3) is 0.0526. The SMILES string of the molecule is O=C(S)c1c(O)c(=O)ccn1NC(c1ccccc1)c1ccccc1. The van der Waals surface area contributed by atoms with Gasteiger partial charge in [0.15, 0.2) is 11.4 Å². The smallest absolute Gasteiger partial charge is 0.238 e. The molecule has 3 rings (SSSR count). The molecule has 1 heterocycles. The molecule has 0 fully saturated rings. The maximum Gasteiger partial charge on any atom is 0.238 e. The van der Waals surface area contributed by atoms with Crippen molar-refractivity contribution in [3.8, 4) is 5.75 Å². The number of benzene rings is 2. The van der Waals surface area contributed by atoms with E-state index in [0.717, 1.165) is 11.1 Å². The van der Waals surface area contributed by atoms with Gasteiger partial charge in [-0.3, -0.25) is 14.3 Å². The summed E-state index contributed by atoms with van der Waals surface area (Å²) in [6, 6.07) is 20.2. The number of nitrogens with zero attached hydrogens (tertiary/aromatic N) is 1. The first-order chi connectivity index (χ1) is 12.1. The van der Waals surface area contributed by atoms with Crippen LogP contribution in [-0.2, 0) is 0 Å². The molecule has 0 bridgehead atoms. The monoisotopic (exact) mass is 352 g/mol. The third-order valence-electron chi connectivity index (χ3n) is 3.81. The quantitative estimate of drug-likeness (QED) is 0.618. The minimum absolute atomic E-state index is 0.201. The van der Waals surface area contributed by atoms with Crippen LogP contribution >= 0.6 is 12.6 Å². The van der Waals surface area contributed by atoms with Crippen LogP contribution in [0.5, 0.6) is 5.75 Å². The Hall–Kier alpha value is -2.99. The molecule has 0 aliphatic rings. The molecular weight excluding hydrogens is 336 g/mol. The molecule has 5 nitrogen and oxygen atoms in total. The molecule has 6 heteroatoms. The van der Waals surface area contributed by atoms with Crippen molar-refractivity contribution in [1.82, 2.24) is 4.68 Å². The lowest BCUT2D eigenvalue weighted by atomic mass is 9.99. The Morgan fingerprint density at radius 2 is 1.48 bits per heavy atom. The van der Waals surface area contributed by atoms with Crippen molar-refractivity contribution in [2.24, 2.45) is 0 Å². The summed E-state index contributed by atoms with van der Waals surface area (Å²) in [5.74, 6) is -0.630. The van der Waals surface area contributed by atoms with Crippen LogP contribution in [0.1, 0.15) is 27.7 Å². The molecule has 2 aromatic carbocycles. The van der Waals surface area contributed by atoms with E-state index in [0.29, 0.717) is 0 Å². The van der Waals surface area contributed by atoms with Crippen LogP contribution in [0.3, 0.4) is 0 Å². The van der Waals surface area contributed by atoms with Gasteiger partial charge in [0, 0.05) is 12.3 Å². The first kappa shape index (κ1) is 16.9. The summed E-state index contributed by atoms with van der Waals surface area (Å²) in [7, 11) is 0. The summed E-state index contributed by atoms with van der Waals surface area (Å²) in [4.78, 5) is 23.4. The molecule has 0 aliphatic heterocycles. The van der Waals surface area contributed by atoms with Crippen LogP contribution in [-0.4, -0.2) is 14.9 Å². The molecule has 3 aromatic rings. The van der Waals surface area contributed by atoms with Gasteiger partial charge in [0.05, 0.1) is 6.04 Å². The Morgan fingerprint density at radius 3 is 1.96 bits per heavy atom. The standard InChI is InChI=1S/C19H16N2O3S/c22-15-11-12-21(17(18(15)23)19(24)25)20-16(13-7-3-1-4-8-13)14-9-5-2-6-10-14/h1-12,16,20,23H,(H,24,25). The molecule has 126 valence electrons. The number of pyridine rings is 1. The highest BCUT2D eigenvalue weighted by Crippen LogP contribution is 2.24. The molecule has 0 unspecified atom stereocenters. The second-order valence-corrected chi connectivity index (χ2v) is 5.84. The highest BCUT2D eigenvalue weighted by Gasteiger charge is 2.19. The lowest BCUT2D eigenvalue weighted by Gasteiger charge is -2.24. The summed E-state index contributed by atoms with van der Waals surface area (Å²) in [6.45, 7) is 0. The number of carbonyl (C=O) groups excluding carboxylic acids is 1. The van der Waals surface area contributed by atoms with Crippen LogP contribution in [0.4, 0.5) is 0 Å².